The summed E-state index contributed by atoms with van der Waals surface area (Å²) in [5.41, 5.74) is 3.36. The van der Waals surface area contributed by atoms with Gasteiger partial charge in [-0.1, -0.05) is 39.0 Å². The molecule has 1 aliphatic heterocycles. The molecule has 3 aromatic rings. The van der Waals surface area contributed by atoms with E-state index in [4.69, 9.17) is 4.42 Å². The van der Waals surface area contributed by atoms with Crippen LogP contribution in [0.4, 0.5) is 4.39 Å². The molecule has 32 heavy (non-hydrogen) atoms. The summed E-state index contributed by atoms with van der Waals surface area (Å²) in [6.07, 6.45) is 2.13. The van der Waals surface area contributed by atoms with E-state index < -0.39 is 9.84 Å². The minimum atomic E-state index is -3.16. The van der Waals surface area contributed by atoms with Crippen LogP contribution >= 0.6 is 0 Å². The maximum absolute atomic E-state index is 13.4. The number of rotatable bonds is 5. The van der Waals surface area contributed by atoms with Gasteiger partial charge in [0.2, 0.25) is 5.91 Å². The van der Waals surface area contributed by atoms with E-state index in [-0.39, 0.29) is 47.7 Å². The maximum Gasteiger partial charge on any atom is 0.227 e. The van der Waals surface area contributed by atoms with Crippen molar-refractivity contribution in [2.45, 2.75) is 51.6 Å². The van der Waals surface area contributed by atoms with Crippen LogP contribution in [0.5, 0.6) is 0 Å². The van der Waals surface area contributed by atoms with Gasteiger partial charge >= 0.3 is 0 Å². The number of fused-ring (bicyclic) bond motifs is 1. The summed E-state index contributed by atoms with van der Waals surface area (Å²) in [5.74, 6) is -0.482. The molecule has 0 bridgehead atoms. The zero-order valence-electron chi connectivity index (χ0n) is 18.6. The zero-order chi connectivity index (χ0) is 23.1. The van der Waals surface area contributed by atoms with Crippen LogP contribution in [0.1, 0.15) is 43.9 Å². The Hall–Kier alpha value is -2.67. The Morgan fingerprint density at radius 3 is 2.50 bits per heavy atom. The van der Waals surface area contributed by atoms with Crippen LogP contribution in [0.25, 0.3) is 11.0 Å². The second kappa shape index (κ2) is 8.35. The van der Waals surface area contributed by atoms with Gasteiger partial charge in [-0.15, -0.1) is 0 Å². The number of carbonyl (C=O) groups excluding carboxylic acids is 1. The zero-order valence-corrected chi connectivity index (χ0v) is 19.4. The average Bonchev–Trinajstić information content (AvgIpc) is 3.29. The van der Waals surface area contributed by atoms with E-state index in [0.29, 0.717) is 12.0 Å². The maximum atomic E-state index is 13.4. The van der Waals surface area contributed by atoms with Crippen LogP contribution in [0.3, 0.4) is 0 Å². The molecule has 0 N–H and O–H groups in total. The Bertz CT molecular complexity index is 1240. The number of sulfone groups is 1. The van der Waals surface area contributed by atoms with E-state index in [1.807, 2.05) is 12.1 Å². The van der Waals surface area contributed by atoms with Crippen molar-refractivity contribution >= 4 is 26.7 Å². The molecule has 5 nitrogen and oxygen atoms in total. The highest BCUT2D eigenvalue weighted by atomic mass is 32.2. The molecule has 0 radical (unpaired) electrons. The molecule has 0 aliphatic carbocycles. The normalized spacial score (nSPS) is 18.2. The van der Waals surface area contributed by atoms with Crippen molar-refractivity contribution in [1.82, 2.24) is 4.90 Å². The molecule has 2 aromatic carbocycles. The van der Waals surface area contributed by atoms with E-state index in [1.54, 1.807) is 23.3 Å². The monoisotopic (exact) mass is 457 g/mol. The third-order valence-electron chi connectivity index (χ3n) is 6.10. The fraction of sp³-hybridized carbons (Fsp3) is 0.400. The van der Waals surface area contributed by atoms with Crippen LogP contribution in [0, 0.1) is 5.82 Å². The Kier molecular flexibility index (Phi) is 5.88. The first-order chi connectivity index (χ1) is 15.0. The number of furan rings is 1. The fourth-order valence-corrected chi connectivity index (χ4v) is 5.91. The molecule has 170 valence electrons. The first kappa shape index (κ1) is 22.5. The van der Waals surface area contributed by atoms with Crippen molar-refractivity contribution in [2.75, 3.05) is 11.5 Å². The number of benzene rings is 2. The summed E-state index contributed by atoms with van der Waals surface area (Å²) in [7, 11) is -3.16. The van der Waals surface area contributed by atoms with E-state index in [2.05, 4.69) is 26.8 Å². The van der Waals surface area contributed by atoms with Crippen LogP contribution in [-0.2, 0) is 33.0 Å². The average molecular weight is 458 g/mol. The molecule has 1 aromatic heterocycles. The minimum absolute atomic E-state index is 0.0414. The van der Waals surface area contributed by atoms with Gasteiger partial charge in [-0.25, -0.2) is 12.8 Å². The van der Waals surface area contributed by atoms with Gasteiger partial charge in [0.1, 0.15) is 11.4 Å². The van der Waals surface area contributed by atoms with Gasteiger partial charge in [0.15, 0.2) is 9.84 Å². The van der Waals surface area contributed by atoms with Crippen molar-refractivity contribution in [1.29, 1.82) is 0 Å². The lowest BCUT2D eigenvalue weighted by Gasteiger charge is -2.28. The topological polar surface area (TPSA) is 67.6 Å². The highest BCUT2D eigenvalue weighted by Gasteiger charge is 2.35. The molecule has 4 rings (SSSR count). The molecular weight excluding hydrogens is 429 g/mol. The summed E-state index contributed by atoms with van der Waals surface area (Å²) in [6.45, 7) is 6.63. The van der Waals surface area contributed by atoms with Crippen molar-refractivity contribution < 1.29 is 22.0 Å². The highest BCUT2D eigenvalue weighted by Crippen LogP contribution is 2.30. The number of nitrogens with zero attached hydrogens (tertiary/aromatic N) is 1. The number of amides is 1. The molecular formula is C25H28FNO4S. The summed E-state index contributed by atoms with van der Waals surface area (Å²) < 4.78 is 43.2. The lowest BCUT2D eigenvalue weighted by atomic mass is 9.86. The van der Waals surface area contributed by atoms with Crippen molar-refractivity contribution in [3.05, 3.63) is 71.2 Å². The van der Waals surface area contributed by atoms with Crippen molar-refractivity contribution in [2.24, 2.45) is 0 Å². The fourth-order valence-electron chi connectivity index (χ4n) is 4.18. The molecule has 1 aliphatic rings. The lowest BCUT2D eigenvalue weighted by Crippen LogP contribution is -2.41. The molecule has 7 heteroatoms. The van der Waals surface area contributed by atoms with Crippen molar-refractivity contribution in [3.63, 3.8) is 0 Å². The highest BCUT2D eigenvalue weighted by molar-refractivity contribution is 7.91. The SMILES string of the molecule is CC(C)(C)c1ccc2occ(CC(=O)N(Cc3ccc(F)cc3)C3CCS(=O)(=O)C3)c2c1. The number of carbonyl (C=O) groups is 1. The number of hydrogen-bond donors (Lipinski definition) is 0. The summed E-state index contributed by atoms with van der Waals surface area (Å²) in [5, 5.41) is 0.895. The predicted molar refractivity (Wildman–Crippen MR) is 123 cm³/mol. The first-order valence-electron chi connectivity index (χ1n) is 10.8. The largest absolute Gasteiger partial charge is 0.464 e. The van der Waals surface area contributed by atoms with Crippen LogP contribution in [0.2, 0.25) is 0 Å². The second-order valence-corrected chi connectivity index (χ2v) is 11.8. The molecule has 0 spiro atoms. The van der Waals surface area contributed by atoms with Gasteiger partial charge in [0, 0.05) is 23.5 Å². The molecule has 1 atom stereocenters. The third kappa shape index (κ3) is 4.88. The molecule has 1 saturated heterocycles. The quantitative estimate of drug-likeness (QED) is 0.560. The number of halogens is 1. The molecule has 1 unspecified atom stereocenters. The van der Waals surface area contributed by atoms with Crippen LogP contribution in [0.15, 0.2) is 53.1 Å². The van der Waals surface area contributed by atoms with Gasteiger partial charge in [-0.3, -0.25) is 4.79 Å². The van der Waals surface area contributed by atoms with Crippen molar-refractivity contribution in [3.8, 4) is 0 Å². The van der Waals surface area contributed by atoms with E-state index in [0.717, 1.165) is 22.1 Å². The predicted octanol–water partition coefficient (Wildman–Crippen LogP) is 4.63. The van der Waals surface area contributed by atoms with E-state index in [1.165, 1.54) is 12.1 Å². The summed E-state index contributed by atoms with van der Waals surface area (Å²) >= 11 is 0. The number of hydrogen-bond acceptors (Lipinski definition) is 4. The Morgan fingerprint density at radius 1 is 1.16 bits per heavy atom. The van der Waals surface area contributed by atoms with Gasteiger partial charge in [-0.2, -0.15) is 0 Å². The van der Waals surface area contributed by atoms with Gasteiger partial charge < -0.3 is 9.32 Å². The van der Waals surface area contributed by atoms with E-state index >= 15 is 0 Å². The van der Waals surface area contributed by atoms with E-state index in [9.17, 15) is 17.6 Å². The van der Waals surface area contributed by atoms with Crippen LogP contribution < -0.4 is 0 Å². The minimum Gasteiger partial charge on any atom is -0.464 e. The van der Waals surface area contributed by atoms with Gasteiger partial charge in [0.05, 0.1) is 24.2 Å². The second-order valence-electron chi connectivity index (χ2n) is 9.60. The summed E-state index contributed by atoms with van der Waals surface area (Å²) in [4.78, 5) is 15.1. The standard InChI is InChI=1S/C25H28FNO4S/c1-25(2,3)19-6-9-23-22(13-19)18(15-31-23)12-24(28)27(21-10-11-32(29,30)16-21)14-17-4-7-20(26)8-5-17/h4-9,13,15,21H,10-12,14,16H2,1-3H3. The smallest absolute Gasteiger partial charge is 0.227 e. The molecule has 1 fully saturated rings. The molecule has 1 amide bonds. The molecule has 2 heterocycles. The first-order valence-corrected chi connectivity index (χ1v) is 12.6. The van der Waals surface area contributed by atoms with Gasteiger partial charge in [-0.05, 0) is 47.2 Å². The Balaban J connectivity index is 1.63. The third-order valence-corrected chi connectivity index (χ3v) is 7.85. The van der Waals surface area contributed by atoms with Crippen LogP contribution in [-0.4, -0.2) is 36.8 Å². The Labute approximate surface area is 188 Å². The summed E-state index contributed by atoms with van der Waals surface area (Å²) in [6, 6.07) is 11.6. The van der Waals surface area contributed by atoms with Gasteiger partial charge in [0.25, 0.3) is 0 Å². The molecule has 0 saturated carbocycles. The Morgan fingerprint density at radius 2 is 1.88 bits per heavy atom. The lowest BCUT2D eigenvalue weighted by molar-refractivity contribution is -0.133.